The van der Waals surface area contributed by atoms with Crippen molar-refractivity contribution in [1.29, 1.82) is 0 Å². The van der Waals surface area contributed by atoms with Crippen molar-refractivity contribution in [1.82, 2.24) is 10.2 Å². The maximum Gasteiger partial charge on any atom is 0.410 e. The molecule has 1 atom stereocenters. The molecule has 1 unspecified atom stereocenters. The molecule has 0 heterocycles. The third kappa shape index (κ3) is 13.0. The first-order valence-corrected chi connectivity index (χ1v) is 14.0. The molecule has 0 aromatic carbocycles. The van der Waals surface area contributed by atoms with Gasteiger partial charge in [-0.05, 0) is 72.6 Å². The van der Waals surface area contributed by atoms with Crippen molar-refractivity contribution >= 4 is 20.5 Å². The molecule has 184 valence electrons. The summed E-state index contributed by atoms with van der Waals surface area (Å²) < 4.78 is 17.5. The van der Waals surface area contributed by atoms with E-state index in [1.807, 2.05) is 41.5 Å². The van der Waals surface area contributed by atoms with E-state index in [2.05, 4.69) is 39.2 Å². The van der Waals surface area contributed by atoms with Crippen molar-refractivity contribution in [3.05, 3.63) is 0 Å². The number of carbonyl (C=O) groups excluding carboxylic acids is 2. The molecule has 0 aliphatic heterocycles. The number of nitrogens with one attached hydrogen (secondary N) is 1. The average Bonchev–Trinajstić information content (AvgIpc) is 2.51. The van der Waals surface area contributed by atoms with Crippen LogP contribution in [-0.4, -0.2) is 68.9 Å². The normalized spacial score (nSPS) is 14.1. The van der Waals surface area contributed by atoms with E-state index in [0.717, 1.165) is 0 Å². The molecule has 0 saturated carbocycles. The predicted octanol–water partition coefficient (Wildman–Crippen LogP) is 4.49. The van der Waals surface area contributed by atoms with Gasteiger partial charge in [-0.2, -0.15) is 0 Å². The topological polar surface area (TPSA) is 103 Å². The number of amides is 2. The molecule has 0 saturated heterocycles. The molecule has 9 heteroatoms. The smallest absolute Gasteiger partial charge is 0.410 e. The van der Waals surface area contributed by atoms with Crippen molar-refractivity contribution in [2.75, 3.05) is 26.2 Å². The Kier molecular flexibility index (Phi) is 11.0. The second-order valence-corrected chi connectivity index (χ2v) is 16.2. The van der Waals surface area contributed by atoms with Gasteiger partial charge in [0.05, 0.1) is 12.6 Å². The standard InChI is InChI=1S/C22H47N3O5Si/c1-20(2,3)28-18(26)24-15-17(30-31(10,11)22(7,8)9)16-25(14-12-13-23)19(27)29-21(4,5)6/h17H,12-16,23H2,1-11H3,(H,24,26). The fourth-order valence-electron chi connectivity index (χ4n) is 2.36. The van der Waals surface area contributed by atoms with Crippen LogP contribution in [0.3, 0.4) is 0 Å². The number of hydrogen-bond acceptors (Lipinski definition) is 6. The number of nitrogens with zero attached hydrogens (tertiary/aromatic N) is 1. The van der Waals surface area contributed by atoms with Crippen molar-refractivity contribution < 1.29 is 23.5 Å². The van der Waals surface area contributed by atoms with Crippen molar-refractivity contribution in [3.8, 4) is 0 Å². The number of carbonyl (C=O) groups is 2. The van der Waals surface area contributed by atoms with Crippen LogP contribution in [0.4, 0.5) is 9.59 Å². The zero-order chi connectivity index (χ0) is 24.7. The van der Waals surface area contributed by atoms with E-state index in [1.54, 1.807) is 4.90 Å². The summed E-state index contributed by atoms with van der Waals surface area (Å²) in [6.45, 7) is 23.1. The Morgan fingerprint density at radius 2 is 1.48 bits per heavy atom. The lowest BCUT2D eigenvalue weighted by molar-refractivity contribution is 0.0151. The third-order valence-corrected chi connectivity index (χ3v) is 9.38. The lowest BCUT2D eigenvalue weighted by Gasteiger charge is -2.40. The number of ether oxygens (including phenoxy) is 2. The van der Waals surface area contributed by atoms with E-state index in [-0.39, 0.29) is 18.1 Å². The summed E-state index contributed by atoms with van der Waals surface area (Å²) in [5, 5.41) is 2.77. The number of alkyl carbamates (subject to hydrolysis) is 1. The molecule has 31 heavy (non-hydrogen) atoms. The minimum absolute atomic E-state index is 0.0226. The Morgan fingerprint density at radius 3 is 1.90 bits per heavy atom. The molecule has 3 N–H and O–H groups in total. The molecule has 0 bridgehead atoms. The molecule has 0 aromatic heterocycles. The Morgan fingerprint density at radius 1 is 0.968 bits per heavy atom. The van der Waals surface area contributed by atoms with Gasteiger partial charge in [-0.15, -0.1) is 0 Å². The molecule has 0 aliphatic rings. The van der Waals surface area contributed by atoms with Crippen LogP contribution in [-0.2, 0) is 13.9 Å². The SMILES string of the molecule is CC(C)(C)OC(=O)NCC(CN(CCCN)C(=O)OC(C)(C)C)O[Si](C)(C)C(C)(C)C. The molecule has 0 rings (SSSR count). The third-order valence-electron chi connectivity index (χ3n) is 4.85. The minimum Gasteiger partial charge on any atom is -0.444 e. The van der Waals surface area contributed by atoms with Crippen molar-refractivity contribution in [2.24, 2.45) is 5.73 Å². The fraction of sp³-hybridized carbons (Fsp3) is 0.909. The van der Waals surface area contributed by atoms with Crippen molar-refractivity contribution in [2.45, 2.75) is 104 Å². The van der Waals surface area contributed by atoms with Gasteiger partial charge in [0.15, 0.2) is 8.32 Å². The second kappa shape index (κ2) is 11.5. The van der Waals surface area contributed by atoms with Gasteiger partial charge >= 0.3 is 12.2 Å². The zero-order valence-corrected chi connectivity index (χ0v) is 22.7. The first-order valence-electron chi connectivity index (χ1n) is 11.1. The van der Waals surface area contributed by atoms with Gasteiger partial charge in [-0.1, -0.05) is 20.8 Å². The molecule has 0 aromatic rings. The summed E-state index contributed by atoms with van der Waals surface area (Å²) in [6, 6.07) is 0. The molecular weight excluding hydrogens is 414 g/mol. The molecule has 0 spiro atoms. The number of hydrogen-bond donors (Lipinski definition) is 2. The van der Waals surface area contributed by atoms with Gasteiger partial charge in [-0.3, -0.25) is 0 Å². The van der Waals surface area contributed by atoms with E-state index in [0.29, 0.717) is 19.5 Å². The Labute approximate surface area is 190 Å². The first-order chi connectivity index (χ1) is 13.8. The van der Waals surface area contributed by atoms with E-state index in [9.17, 15) is 9.59 Å². The lowest BCUT2D eigenvalue weighted by atomic mass is 10.2. The summed E-state index contributed by atoms with van der Waals surface area (Å²) in [4.78, 5) is 26.6. The molecule has 0 radical (unpaired) electrons. The van der Waals surface area contributed by atoms with Crippen LogP contribution in [0.5, 0.6) is 0 Å². The molecule has 2 amide bonds. The number of nitrogens with two attached hydrogens (primary N) is 1. The first kappa shape index (κ1) is 29.7. The average molecular weight is 462 g/mol. The van der Waals surface area contributed by atoms with Gasteiger partial charge in [-0.25, -0.2) is 9.59 Å². The van der Waals surface area contributed by atoms with Crippen LogP contribution in [0.1, 0.15) is 68.7 Å². The Bertz CT molecular complexity index is 577. The van der Waals surface area contributed by atoms with Gasteiger partial charge in [0.2, 0.25) is 0 Å². The van der Waals surface area contributed by atoms with Gasteiger partial charge in [0.1, 0.15) is 11.2 Å². The largest absolute Gasteiger partial charge is 0.444 e. The predicted molar refractivity (Wildman–Crippen MR) is 128 cm³/mol. The summed E-state index contributed by atoms with van der Waals surface area (Å²) in [6.07, 6.45) is -0.686. The summed E-state index contributed by atoms with van der Waals surface area (Å²) in [7, 11) is -2.16. The zero-order valence-electron chi connectivity index (χ0n) is 21.7. The Balaban J connectivity index is 5.54. The Hall–Kier alpha value is -1.32. The highest BCUT2D eigenvalue weighted by molar-refractivity contribution is 6.74. The van der Waals surface area contributed by atoms with Gasteiger partial charge in [0.25, 0.3) is 0 Å². The fourth-order valence-corrected chi connectivity index (χ4v) is 3.70. The molecule has 0 aliphatic carbocycles. The molecule has 8 nitrogen and oxygen atoms in total. The highest BCUT2D eigenvalue weighted by atomic mass is 28.4. The summed E-state index contributed by atoms with van der Waals surface area (Å²) in [5.41, 5.74) is 4.47. The van der Waals surface area contributed by atoms with Gasteiger partial charge in [0, 0.05) is 13.1 Å². The highest BCUT2D eigenvalue weighted by Crippen LogP contribution is 2.37. The quantitative estimate of drug-likeness (QED) is 0.491. The summed E-state index contributed by atoms with van der Waals surface area (Å²) in [5.74, 6) is 0. The summed E-state index contributed by atoms with van der Waals surface area (Å²) >= 11 is 0. The number of rotatable bonds is 9. The maximum absolute atomic E-state index is 12.8. The van der Waals surface area contributed by atoms with E-state index in [1.165, 1.54) is 0 Å². The van der Waals surface area contributed by atoms with Gasteiger partial charge < -0.3 is 29.9 Å². The van der Waals surface area contributed by atoms with Crippen LogP contribution in [0, 0.1) is 0 Å². The van der Waals surface area contributed by atoms with Crippen LogP contribution < -0.4 is 11.1 Å². The lowest BCUT2D eigenvalue weighted by Crippen LogP contribution is -2.52. The highest BCUT2D eigenvalue weighted by Gasteiger charge is 2.40. The van der Waals surface area contributed by atoms with Crippen LogP contribution in [0.25, 0.3) is 0 Å². The maximum atomic E-state index is 12.8. The van der Waals surface area contributed by atoms with Crippen LogP contribution in [0.2, 0.25) is 18.1 Å². The molecule has 0 fully saturated rings. The van der Waals surface area contributed by atoms with Crippen LogP contribution in [0.15, 0.2) is 0 Å². The van der Waals surface area contributed by atoms with E-state index in [4.69, 9.17) is 19.6 Å². The van der Waals surface area contributed by atoms with Crippen LogP contribution >= 0.6 is 0 Å². The van der Waals surface area contributed by atoms with E-state index < -0.39 is 37.8 Å². The minimum atomic E-state index is -2.16. The molecular formula is C22H47N3O5Si. The monoisotopic (exact) mass is 461 g/mol. The van der Waals surface area contributed by atoms with E-state index >= 15 is 0 Å². The van der Waals surface area contributed by atoms with Crippen molar-refractivity contribution in [3.63, 3.8) is 0 Å². The second-order valence-electron chi connectivity index (χ2n) is 11.5.